The van der Waals surface area contributed by atoms with Gasteiger partial charge in [-0.05, 0) is 6.92 Å². The smallest absolute Gasteiger partial charge is 0.314 e. The van der Waals surface area contributed by atoms with Gasteiger partial charge in [0, 0.05) is 19.5 Å². The third-order valence-electron chi connectivity index (χ3n) is 1.75. The second-order valence-electron chi connectivity index (χ2n) is 3.04. The molecule has 0 saturated heterocycles. The third-order valence-corrected chi connectivity index (χ3v) is 1.75. The quantitative estimate of drug-likeness (QED) is 0.469. The monoisotopic (exact) mass is 217 g/mol. The van der Waals surface area contributed by atoms with Gasteiger partial charge in [-0.3, -0.25) is 4.79 Å². The highest BCUT2D eigenvalue weighted by Crippen LogP contribution is 1.83. The van der Waals surface area contributed by atoms with Gasteiger partial charge in [0.2, 0.25) is 5.91 Å². The van der Waals surface area contributed by atoms with Crippen LogP contribution in [0.2, 0.25) is 0 Å². The predicted molar refractivity (Wildman–Crippen MR) is 56.4 cm³/mol. The Bertz CT molecular complexity index is 209. The first-order valence-corrected chi connectivity index (χ1v) is 5.05. The first-order valence-electron chi connectivity index (χ1n) is 5.05. The Morgan fingerprint density at radius 1 is 1.27 bits per heavy atom. The minimum atomic E-state index is -0.431. The zero-order valence-electron chi connectivity index (χ0n) is 9.17. The molecule has 0 aromatic rings. The highest BCUT2D eigenvalue weighted by atomic mass is 16.3. The molecule has 0 bridgehead atoms. The molecule has 0 radical (unpaired) electrons. The zero-order chi connectivity index (χ0) is 11.7. The molecule has 0 rings (SSSR count). The SMILES string of the molecule is CCNC(=O)NCC(CO)NC(=O)CC. The van der Waals surface area contributed by atoms with Gasteiger partial charge < -0.3 is 21.1 Å². The van der Waals surface area contributed by atoms with Gasteiger partial charge in [-0.1, -0.05) is 6.92 Å². The Labute approximate surface area is 89.4 Å². The summed E-state index contributed by atoms with van der Waals surface area (Å²) in [5, 5.41) is 16.6. The summed E-state index contributed by atoms with van der Waals surface area (Å²) in [4.78, 5) is 22.0. The summed E-state index contributed by atoms with van der Waals surface area (Å²) in [6.45, 7) is 4.09. The highest BCUT2D eigenvalue weighted by molar-refractivity contribution is 5.76. The number of hydrogen-bond acceptors (Lipinski definition) is 3. The number of rotatable bonds is 6. The maximum atomic E-state index is 11.0. The van der Waals surface area contributed by atoms with Crippen molar-refractivity contribution in [2.24, 2.45) is 0 Å². The van der Waals surface area contributed by atoms with E-state index in [1.54, 1.807) is 6.92 Å². The van der Waals surface area contributed by atoms with Gasteiger partial charge in [-0.25, -0.2) is 4.79 Å². The topological polar surface area (TPSA) is 90.5 Å². The zero-order valence-corrected chi connectivity index (χ0v) is 9.17. The average Bonchev–Trinajstić information content (AvgIpc) is 2.24. The number of hydrogen-bond donors (Lipinski definition) is 4. The standard InChI is InChI=1S/C9H19N3O3/c1-3-8(14)12-7(6-13)5-11-9(15)10-4-2/h7,13H,3-6H2,1-2H3,(H,12,14)(H2,10,11,15). The lowest BCUT2D eigenvalue weighted by molar-refractivity contribution is -0.121. The van der Waals surface area contributed by atoms with Crippen LogP contribution in [0.4, 0.5) is 4.79 Å². The molecule has 1 unspecified atom stereocenters. The lowest BCUT2D eigenvalue weighted by Crippen LogP contribution is -2.47. The van der Waals surface area contributed by atoms with Crippen LogP contribution in [0, 0.1) is 0 Å². The molecule has 0 aliphatic carbocycles. The molecule has 88 valence electrons. The predicted octanol–water partition coefficient (Wildman–Crippen LogP) is -0.807. The number of amides is 3. The van der Waals surface area contributed by atoms with E-state index in [4.69, 9.17) is 5.11 Å². The molecule has 1 atom stereocenters. The third kappa shape index (κ3) is 6.73. The van der Waals surface area contributed by atoms with Crippen LogP contribution >= 0.6 is 0 Å². The molecule has 6 nitrogen and oxygen atoms in total. The van der Waals surface area contributed by atoms with E-state index < -0.39 is 6.04 Å². The van der Waals surface area contributed by atoms with Crippen LogP contribution in [0.15, 0.2) is 0 Å². The summed E-state index contributed by atoms with van der Waals surface area (Å²) in [5.41, 5.74) is 0. The van der Waals surface area contributed by atoms with Crippen molar-refractivity contribution in [2.45, 2.75) is 26.3 Å². The van der Waals surface area contributed by atoms with Crippen molar-refractivity contribution < 1.29 is 14.7 Å². The van der Waals surface area contributed by atoms with E-state index in [2.05, 4.69) is 16.0 Å². The molecule has 0 saturated carbocycles. The molecule has 0 fully saturated rings. The number of carbonyl (C=O) groups excluding carboxylic acids is 2. The van der Waals surface area contributed by atoms with Gasteiger partial charge in [-0.15, -0.1) is 0 Å². The fourth-order valence-electron chi connectivity index (χ4n) is 0.930. The molecule has 4 N–H and O–H groups in total. The molecule has 0 aromatic carbocycles. The van der Waals surface area contributed by atoms with E-state index in [0.717, 1.165) is 0 Å². The van der Waals surface area contributed by atoms with Gasteiger partial charge in [0.05, 0.1) is 12.6 Å². The minimum absolute atomic E-state index is 0.147. The number of aliphatic hydroxyl groups excluding tert-OH is 1. The van der Waals surface area contributed by atoms with Crippen LogP contribution < -0.4 is 16.0 Å². The number of carbonyl (C=O) groups is 2. The summed E-state index contributed by atoms with van der Waals surface area (Å²) in [6.07, 6.45) is 0.359. The Morgan fingerprint density at radius 2 is 1.93 bits per heavy atom. The van der Waals surface area contributed by atoms with Gasteiger partial charge in [-0.2, -0.15) is 0 Å². The molecule has 0 spiro atoms. The molecular weight excluding hydrogens is 198 g/mol. The fourth-order valence-corrected chi connectivity index (χ4v) is 0.930. The molecule has 6 heteroatoms. The number of aliphatic hydroxyl groups is 1. The van der Waals surface area contributed by atoms with Gasteiger partial charge in [0.1, 0.15) is 0 Å². The summed E-state index contributed by atoms with van der Waals surface area (Å²) < 4.78 is 0. The Kier molecular flexibility index (Phi) is 7.35. The molecule has 3 amide bonds. The van der Waals surface area contributed by atoms with Gasteiger partial charge in [0.25, 0.3) is 0 Å². The minimum Gasteiger partial charge on any atom is -0.394 e. The Morgan fingerprint density at radius 3 is 2.40 bits per heavy atom. The van der Waals surface area contributed by atoms with Crippen LogP contribution in [-0.4, -0.2) is 42.8 Å². The number of nitrogens with one attached hydrogen (secondary N) is 3. The van der Waals surface area contributed by atoms with Crippen molar-refractivity contribution in [3.05, 3.63) is 0 Å². The van der Waals surface area contributed by atoms with E-state index in [-0.39, 0.29) is 25.1 Å². The number of urea groups is 1. The van der Waals surface area contributed by atoms with Crippen molar-refractivity contribution in [3.8, 4) is 0 Å². The van der Waals surface area contributed by atoms with Crippen molar-refractivity contribution in [1.29, 1.82) is 0 Å². The first-order chi connectivity index (χ1) is 7.13. The molecule has 15 heavy (non-hydrogen) atoms. The summed E-state index contributed by atoms with van der Waals surface area (Å²) >= 11 is 0. The maximum Gasteiger partial charge on any atom is 0.314 e. The Hall–Kier alpha value is -1.30. The molecular formula is C9H19N3O3. The van der Waals surface area contributed by atoms with Crippen LogP contribution in [0.25, 0.3) is 0 Å². The van der Waals surface area contributed by atoms with Crippen LogP contribution in [0.5, 0.6) is 0 Å². The normalized spacial score (nSPS) is 11.7. The summed E-state index contributed by atoms with van der Waals surface area (Å²) in [6, 6.07) is -0.734. The lowest BCUT2D eigenvalue weighted by atomic mass is 10.3. The van der Waals surface area contributed by atoms with E-state index in [0.29, 0.717) is 13.0 Å². The second kappa shape index (κ2) is 8.05. The second-order valence-corrected chi connectivity index (χ2v) is 3.04. The molecule has 0 heterocycles. The Balaban J connectivity index is 3.79. The average molecular weight is 217 g/mol. The van der Waals surface area contributed by atoms with E-state index >= 15 is 0 Å². The fraction of sp³-hybridized carbons (Fsp3) is 0.778. The first kappa shape index (κ1) is 13.7. The van der Waals surface area contributed by atoms with Crippen molar-refractivity contribution in [1.82, 2.24) is 16.0 Å². The highest BCUT2D eigenvalue weighted by Gasteiger charge is 2.10. The van der Waals surface area contributed by atoms with Gasteiger partial charge >= 0.3 is 6.03 Å². The van der Waals surface area contributed by atoms with E-state index in [1.807, 2.05) is 6.92 Å². The van der Waals surface area contributed by atoms with Crippen molar-refractivity contribution >= 4 is 11.9 Å². The van der Waals surface area contributed by atoms with Crippen molar-refractivity contribution in [3.63, 3.8) is 0 Å². The van der Waals surface area contributed by atoms with E-state index in [9.17, 15) is 9.59 Å². The maximum absolute atomic E-state index is 11.0. The summed E-state index contributed by atoms with van der Waals surface area (Å²) in [5.74, 6) is -0.147. The van der Waals surface area contributed by atoms with Crippen LogP contribution in [0.1, 0.15) is 20.3 Å². The molecule has 0 aromatic heterocycles. The summed E-state index contributed by atoms with van der Waals surface area (Å²) in [7, 11) is 0. The lowest BCUT2D eigenvalue weighted by Gasteiger charge is -2.16. The molecule has 0 aliphatic heterocycles. The van der Waals surface area contributed by atoms with Crippen LogP contribution in [0.3, 0.4) is 0 Å². The largest absolute Gasteiger partial charge is 0.394 e. The van der Waals surface area contributed by atoms with Crippen LogP contribution in [-0.2, 0) is 4.79 Å². The molecule has 0 aliphatic rings. The van der Waals surface area contributed by atoms with Gasteiger partial charge in [0.15, 0.2) is 0 Å². The van der Waals surface area contributed by atoms with Crippen molar-refractivity contribution in [2.75, 3.05) is 19.7 Å². The van der Waals surface area contributed by atoms with E-state index in [1.165, 1.54) is 0 Å².